The molecule has 1 saturated carbocycles. The summed E-state index contributed by atoms with van der Waals surface area (Å²) in [4.78, 5) is 14.7. The number of nitrogens with zero attached hydrogens (tertiary/aromatic N) is 1. The van der Waals surface area contributed by atoms with Crippen molar-refractivity contribution in [2.75, 3.05) is 26.7 Å². The maximum Gasteiger partial charge on any atom is 0.326 e. The molecule has 124 valence electrons. The quantitative estimate of drug-likeness (QED) is 0.665. The molecular weight excluding hydrogens is 264 g/mol. The van der Waals surface area contributed by atoms with Crippen LogP contribution in [0.2, 0.25) is 0 Å². The molecule has 0 amide bonds. The van der Waals surface area contributed by atoms with Gasteiger partial charge in [0.15, 0.2) is 0 Å². The number of carbonyl (C=O) groups is 1. The van der Waals surface area contributed by atoms with Crippen LogP contribution in [0.3, 0.4) is 0 Å². The van der Waals surface area contributed by atoms with Crippen LogP contribution in [0, 0.1) is 5.92 Å². The number of nitrogens with one attached hydrogen (secondary N) is 1. The molecule has 0 bridgehead atoms. The molecule has 21 heavy (non-hydrogen) atoms. The number of esters is 1. The van der Waals surface area contributed by atoms with E-state index in [1.54, 1.807) is 0 Å². The van der Waals surface area contributed by atoms with Crippen molar-refractivity contribution >= 4 is 5.97 Å². The Morgan fingerprint density at radius 1 is 1.38 bits per heavy atom. The molecule has 0 aromatic heterocycles. The Balaban J connectivity index is 2.62. The topological polar surface area (TPSA) is 41.6 Å². The van der Waals surface area contributed by atoms with Gasteiger partial charge in [0.2, 0.25) is 0 Å². The van der Waals surface area contributed by atoms with Crippen LogP contribution in [-0.2, 0) is 9.53 Å². The Labute approximate surface area is 130 Å². The van der Waals surface area contributed by atoms with Gasteiger partial charge in [0.05, 0.1) is 6.61 Å². The predicted molar refractivity (Wildman–Crippen MR) is 87.4 cm³/mol. The van der Waals surface area contributed by atoms with Gasteiger partial charge in [-0.2, -0.15) is 0 Å². The molecule has 0 aromatic carbocycles. The average Bonchev–Trinajstić information content (AvgIpc) is 2.97. The molecule has 0 saturated heterocycles. The van der Waals surface area contributed by atoms with Crippen molar-refractivity contribution in [3.05, 3.63) is 0 Å². The third kappa shape index (κ3) is 5.59. The largest absolute Gasteiger partial charge is 0.465 e. The first-order valence-electron chi connectivity index (χ1n) is 8.53. The Morgan fingerprint density at radius 3 is 2.48 bits per heavy atom. The highest BCUT2D eigenvalue weighted by atomic mass is 16.5. The van der Waals surface area contributed by atoms with Crippen molar-refractivity contribution in [2.24, 2.45) is 5.92 Å². The summed E-state index contributed by atoms with van der Waals surface area (Å²) in [6.07, 6.45) is 6.11. The van der Waals surface area contributed by atoms with E-state index < -0.39 is 5.54 Å². The maximum atomic E-state index is 12.1. The highest BCUT2D eigenvalue weighted by Gasteiger charge is 2.34. The van der Waals surface area contributed by atoms with Crippen molar-refractivity contribution < 1.29 is 9.53 Å². The first kappa shape index (κ1) is 18.4. The van der Waals surface area contributed by atoms with E-state index in [0.717, 1.165) is 19.5 Å². The monoisotopic (exact) mass is 298 g/mol. The van der Waals surface area contributed by atoms with Gasteiger partial charge in [-0.3, -0.25) is 4.79 Å². The molecule has 0 radical (unpaired) electrons. The van der Waals surface area contributed by atoms with E-state index in [4.69, 9.17) is 4.74 Å². The van der Waals surface area contributed by atoms with E-state index >= 15 is 0 Å². The molecule has 1 atom stereocenters. The average molecular weight is 298 g/mol. The number of hydrogen-bond acceptors (Lipinski definition) is 4. The van der Waals surface area contributed by atoms with Crippen LogP contribution in [0.1, 0.15) is 59.8 Å². The standard InChI is InChI=1S/C17H34N2O2/c1-6-21-16(20)17(4,18-5)11-12-19(13-14(2)3)15-9-7-8-10-15/h14-15,18H,6-13H2,1-5H3. The predicted octanol–water partition coefficient (Wildman–Crippen LogP) is 2.82. The molecule has 0 spiro atoms. The van der Waals surface area contributed by atoms with Gasteiger partial charge in [0.1, 0.15) is 5.54 Å². The lowest BCUT2D eigenvalue weighted by molar-refractivity contribution is -0.150. The summed E-state index contributed by atoms with van der Waals surface area (Å²) >= 11 is 0. The van der Waals surface area contributed by atoms with E-state index in [2.05, 4.69) is 24.1 Å². The Kier molecular flexibility index (Phi) is 7.67. The normalized spacial score (nSPS) is 19.2. The van der Waals surface area contributed by atoms with Crippen LogP contribution >= 0.6 is 0 Å². The zero-order valence-corrected chi connectivity index (χ0v) is 14.6. The Morgan fingerprint density at radius 2 is 2.00 bits per heavy atom. The van der Waals surface area contributed by atoms with Crippen LogP contribution in [0.5, 0.6) is 0 Å². The number of carbonyl (C=O) groups excluding carboxylic acids is 1. The van der Waals surface area contributed by atoms with Gasteiger partial charge in [-0.05, 0) is 46.1 Å². The summed E-state index contributed by atoms with van der Waals surface area (Å²) in [6.45, 7) is 10.9. The van der Waals surface area contributed by atoms with Gasteiger partial charge in [-0.25, -0.2) is 0 Å². The maximum absolute atomic E-state index is 12.1. The third-order valence-electron chi connectivity index (χ3n) is 4.62. The van der Waals surface area contributed by atoms with Crippen LogP contribution < -0.4 is 5.32 Å². The zero-order valence-electron chi connectivity index (χ0n) is 14.6. The van der Waals surface area contributed by atoms with E-state index in [9.17, 15) is 4.79 Å². The summed E-state index contributed by atoms with van der Waals surface area (Å²) in [5.41, 5.74) is -0.580. The first-order valence-corrected chi connectivity index (χ1v) is 8.53. The van der Waals surface area contributed by atoms with Crippen molar-refractivity contribution in [1.82, 2.24) is 10.2 Å². The first-order chi connectivity index (χ1) is 9.92. The minimum Gasteiger partial charge on any atom is -0.465 e. The van der Waals surface area contributed by atoms with E-state index in [0.29, 0.717) is 18.6 Å². The fourth-order valence-corrected chi connectivity index (χ4v) is 3.15. The molecule has 0 heterocycles. The minimum absolute atomic E-state index is 0.136. The second-order valence-electron chi connectivity index (χ2n) is 6.88. The number of hydrogen-bond donors (Lipinski definition) is 1. The van der Waals surface area contributed by atoms with Gasteiger partial charge < -0.3 is 15.0 Å². The number of rotatable bonds is 9. The van der Waals surface area contributed by atoms with Gasteiger partial charge in [-0.1, -0.05) is 26.7 Å². The molecule has 1 aliphatic carbocycles. The number of ether oxygens (including phenoxy) is 1. The second kappa shape index (κ2) is 8.74. The van der Waals surface area contributed by atoms with Crippen molar-refractivity contribution in [2.45, 2.75) is 71.4 Å². The lowest BCUT2D eigenvalue weighted by Crippen LogP contribution is -2.51. The highest BCUT2D eigenvalue weighted by molar-refractivity contribution is 5.80. The molecule has 1 N–H and O–H groups in total. The smallest absolute Gasteiger partial charge is 0.326 e. The second-order valence-corrected chi connectivity index (χ2v) is 6.88. The van der Waals surface area contributed by atoms with E-state index in [-0.39, 0.29) is 5.97 Å². The third-order valence-corrected chi connectivity index (χ3v) is 4.62. The van der Waals surface area contributed by atoms with Crippen molar-refractivity contribution in [3.8, 4) is 0 Å². The van der Waals surface area contributed by atoms with Crippen LogP contribution in [0.15, 0.2) is 0 Å². The zero-order chi connectivity index (χ0) is 15.9. The molecule has 1 unspecified atom stereocenters. The highest BCUT2D eigenvalue weighted by Crippen LogP contribution is 2.25. The molecule has 1 rings (SSSR count). The summed E-state index contributed by atoms with van der Waals surface area (Å²) in [6, 6.07) is 0.704. The van der Waals surface area contributed by atoms with Crippen molar-refractivity contribution in [1.29, 1.82) is 0 Å². The van der Waals surface area contributed by atoms with Gasteiger partial charge in [0.25, 0.3) is 0 Å². The molecule has 0 aliphatic heterocycles. The lowest BCUT2D eigenvalue weighted by atomic mass is 9.97. The van der Waals surface area contributed by atoms with Crippen molar-refractivity contribution in [3.63, 3.8) is 0 Å². The van der Waals surface area contributed by atoms with E-state index in [1.165, 1.54) is 25.7 Å². The van der Waals surface area contributed by atoms with Gasteiger partial charge in [0, 0.05) is 19.1 Å². The SMILES string of the molecule is CCOC(=O)C(C)(CCN(CC(C)C)C1CCCC1)NC. The molecule has 4 heteroatoms. The fourth-order valence-electron chi connectivity index (χ4n) is 3.15. The summed E-state index contributed by atoms with van der Waals surface area (Å²) in [5, 5.41) is 3.16. The molecule has 0 aromatic rings. The van der Waals surface area contributed by atoms with Gasteiger partial charge in [-0.15, -0.1) is 0 Å². The Bertz CT molecular complexity index is 314. The number of likely N-dealkylation sites (N-methyl/N-ethyl adjacent to an activating group) is 1. The fraction of sp³-hybridized carbons (Fsp3) is 0.941. The Hall–Kier alpha value is -0.610. The van der Waals surface area contributed by atoms with E-state index in [1.807, 2.05) is 20.9 Å². The summed E-state index contributed by atoms with van der Waals surface area (Å²) in [5.74, 6) is 0.525. The molecule has 4 nitrogen and oxygen atoms in total. The van der Waals surface area contributed by atoms with Crippen LogP contribution in [0.4, 0.5) is 0 Å². The van der Waals surface area contributed by atoms with Gasteiger partial charge >= 0.3 is 5.97 Å². The summed E-state index contributed by atoms with van der Waals surface area (Å²) < 4.78 is 5.22. The molecule has 1 fully saturated rings. The van der Waals surface area contributed by atoms with Crippen LogP contribution in [-0.4, -0.2) is 49.2 Å². The minimum atomic E-state index is -0.580. The molecular formula is C17H34N2O2. The van der Waals surface area contributed by atoms with Crippen LogP contribution in [0.25, 0.3) is 0 Å². The summed E-state index contributed by atoms with van der Waals surface area (Å²) in [7, 11) is 1.85. The lowest BCUT2D eigenvalue weighted by Gasteiger charge is -2.34. The molecule has 1 aliphatic rings.